The first-order valence-electron chi connectivity index (χ1n) is 11.5. The molecule has 0 aromatic heterocycles. The van der Waals surface area contributed by atoms with Crippen molar-refractivity contribution in [2.45, 2.75) is 58.0 Å². The second kappa shape index (κ2) is 15.1. The third-order valence-corrected chi connectivity index (χ3v) is 5.58. The number of hydrogen-bond donors (Lipinski definition) is 1. The Bertz CT molecular complexity index is 896. The molecule has 4 heteroatoms. The summed E-state index contributed by atoms with van der Waals surface area (Å²) < 4.78 is 11.1. The molecule has 0 radical (unpaired) electrons. The zero-order valence-electron chi connectivity index (χ0n) is 20.1. The lowest BCUT2D eigenvalue weighted by Gasteiger charge is -2.35. The number of rotatable bonds is 13. The lowest BCUT2D eigenvalue weighted by Crippen LogP contribution is -2.46. The number of ether oxygens (including phenoxy) is 2. The van der Waals surface area contributed by atoms with Crippen molar-refractivity contribution in [1.82, 2.24) is 4.90 Å². The Labute approximate surface area is 199 Å². The van der Waals surface area contributed by atoms with Gasteiger partial charge in [0, 0.05) is 12.6 Å². The monoisotopic (exact) mass is 447 g/mol. The van der Waals surface area contributed by atoms with E-state index in [0.29, 0.717) is 19.8 Å². The van der Waals surface area contributed by atoms with Gasteiger partial charge in [-0.3, -0.25) is 4.90 Å². The summed E-state index contributed by atoms with van der Waals surface area (Å²) >= 11 is 0. The molecule has 2 rings (SSSR count). The fourth-order valence-corrected chi connectivity index (χ4v) is 3.57. The second-order valence-corrected chi connectivity index (χ2v) is 7.95. The fourth-order valence-electron chi connectivity index (χ4n) is 3.57. The summed E-state index contributed by atoms with van der Waals surface area (Å²) in [6.45, 7) is 9.40. The molecule has 0 saturated carbocycles. The molecule has 2 aromatic carbocycles. The van der Waals surface area contributed by atoms with Gasteiger partial charge in [0.1, 0.15) is 12.4 Å². The molecule has 0 fully saturated rings. The van der Waals surface area contributed by atoms with Crippen LogP contribution in [-0.4, -0.2) is 41.9 Å². The van der Waals surface area contributed by atoms with Gasteiger partial charge in [-0.25, -0.2) is 0 Å². The van der Waals surface area contributed by atoms with E-state index in [-0.39, 0.29) is 12.1 Å². The number of aliphatic hydroxyl groups excluding tert-OH is 1. The predicted molar refractivity (Wildman–Crippen MR) is 136 cm³/mol. The zero-order chi connectivity index (χ0) is 23.9. The summed E-state index contributed by atoms with van der Waals surface area (Å²) in [6, 6.07) is 17.9. The summed E-state index contributed by atoms with van der Waals surface area (Å²) in [5, 5.41) is 10.5. The average Bonchev–Trinajstić information content (AvgIpc) is 2.86. The standard InChI is InChI=1S/C29H37NO3/c1-5-7-9-15-27(16-12-21-33-23-26-13-10-8-11-14-26)30(24(3)29(31)6-2)22-25-17-19-28(32-4)20-18-25/h5-8,10-11,13-14,17-20,24,27,29,31H,2,9,15,21-23H2,1,3-4H3/b7-5-/t24-,27-,29+/m0/s1. The van der Waals surface area contributed by atoms with Crippen LogP contribution in [0.5, 0.6) is 5.75 Å². The molecule has 0 unspecified atom stereocenters. The molecule has 0 bridgehead atoms. The van der Waals surface area contributed by atoms with Crippen molar-refractivity contribution < 1.29 is 14.6 Å². The summed E-state index contributed by atoms with van der Waals surface area (Å²) in [5.41, 5.74) is 2.27. The van der Waals surface area contributed by atoms with Crippen molar-refractivity contribution >= 4 is 0 Å². The van der Waals surface area contributed by atoms with Crippen LogP contribution >= 0.6 is 0 Å². The molecule has 4 nitrogen and oxygen atoms in total. The van der Waals surface area contributed by atoms with Gasteiger partial charge in [0.05, 0.1) is 25.9 Å². The molecule has 0 aliphatic heterocycles. The number of nitrogens with zero attached hydrogens (tertiary/aromatic N) is 1. The van der Waals surface area contributed by atoms with Crippen LogP contribution in [0.15, 0.2) is 79.4 Å². The minimum Gasteiger partial charge on any atom is -0.497 e. The molecular formula is C29H37NO3. The fraction of sp³-hybridized carbons (Fsp3) is 0.379. The average molecular weight is 448 g/mol. The SMILES string of the molecule is C=C[C@@H](O)[C@H](C)N(Cc1ccc(OC)cc1)[C@H](C#CCOCc1ccccc1)CC/C=C\C. The van der Waals surface area contributed by atoms with E-state index >= 15 is 0 Å². The van der Waals surface area contributed by atoms with E-state index < -0.39 is 6.10 Å². The van der Waals surface area contributed by atoms with Crippen molar-refractivity contribution in [1.29, 1.82) is 0 Å². The van der Waals surface area contributed by atoms with Crippen LogP contribution < -0.4 is 4.74 Å². The van der Waals surface area contributed by atoms with Crippen molar-refractivity contribution in [3.05, 3.63) is 90.5 Å². The maximum Gasteiger partial charge on any atom is 0.118 e. The largest absolute Gasteiger partial charge is 0.497 e. The van der Waals surface area contributed by atoms with E-state index in [9.17, 15) is 5.11 Å². The molecule has 3 atom stereocenters. The van der Waals surface area contributed by atoms with Gasteiger partial charge in [0.2, 0.25) is 0 Å². The first-order valence-corrected chi connectivity index (χ1v) is 11.5. The van der Waals surface area contributed by atoms with Gasteiger partial charge in [-0.15, -0.1) is 6.58 Å². The Kier molecular flexibility index (Phi) is 12.1. The van der Waals surface area contributed by atoms with Crippen LogP contribution in [0.3, 0.4) is 0 Å². The molecule has 0 spiro atoms. The van der Waals surface area contributed by atoms with Crippen LogP contribution in [0.1, 0.15) is 37.8 Å². The third kappa shape index (κ3) is 9.27. The van der Waals surface area contributed by atoms with E-state index in [0.717, 1.165) is 29.7 Å². The second-order valence-electron chi connectivity index (χ2n) is 7.95. The number of hydrogen-bond acceptors (Lipinski definition) is 4. The number of methoxy groups -OCH3 is 1. The highest BCUT2D eigenvalue weighted by molar-refractivity contribution is 5.27. The van der Waals surface area contributed by atoms with Crippen LogP contribution in [0.2, 0.25) is 0 Å². The van der Waals surface area contributed by atoms with Gasteiger partial charge in [-0.2, -0.15) is 0 Å². The Balaban J connectivity index is 2.17. The zero-order valence-corrected chi connectivity index (χ0v) is 20.1. The summed E-state index contributed by atoms with van der Waals surface area (Å²) in [7, 11) is 1.66. The molecule has 0 aliphatic carbocycles. The number of benzene rings is 2. The predicted octanol–water partition coefficient (Wildman–Crippen LogP) is 5.38. The van der Waals surface area contributed by atoms with Gasteiger partial charge in [0.15, 0.2) is 0 Å². The van der Waals surface area contributed by atoms with Gasteiger partial charge in [-0.1, -0.05) is 72.5 Å². The summed E-state index contributed by atoms with van der Waals surface area (Å²) in [5.74, 6) is 7.45. The van der Waals surface area contributed by atoms with E-state index in [1.165, 1.54) is 0 Å². The Morgan fingerprint density at radius 2 is 1.82 bits per heavy atom. The van der Waals surface area contributed by atoms with Gasteiger partial charge in [-0.05, 0) is 49.9 Å². The third-order valence-electron chi connectivity index (χ3n) is 5.58. The molecule has 0 heterocycles. The van der Waals surface area contributed by atoms with E-state index in [2.05, 4.69) is 47.6 Å². The van der Waals surface area contributed by atoms with E-state index in [1.54, 1.807) is 13.2 Å². The smallest absolute Gasteiger partial charge is 0.118 e. The Morgan fingerprint density at radius 3 is 2.45 bits per heavy atom. The lowest BCUT2D eigenvalue weighted by molar-refractivity contribution is 0.0650. The highest BCUT2D eigenvalue weighted by atomic mass is 16.5. The van der Waals surface area contributed by atoms with E-state index in [4.69, 9.17) is 9.47 Å². The highest BCUT2D eigenvalue weighted by Crippen LogP contribution is 2.20. The van der Waals surface area contributed by atoms with Gasteiger partial charge < -0.3 is 14.6 Å². The lowest BCUT2D eigenvalue weighted by atomic mass is 10.0. The Morgan fingerprint density at radius 1 is 1.09 bits per heavy atom. The van der Waals surface area contributed by atoms with Crippen LogP contribution in [0, 0.1) is 11.8 Å². The topological polar surface area (TPSA) is 41.9 Å². The number of allylic oxidation sites excluding steroid dienone is 2. The molecule has 2 aromatic rings. The van der Waals surface area contributed by atoms with Gasteiger partial charge in [0.25, 0.3) is 0 Å². The summed E-state index contributed by atoms with van der Waals surface area (Å²) in [4.78, 5) is 2.25. The first kappa shape index (κ1) is 26.4. The molecule has 33 heavy (non-hydrogen) atoms. The van der Waals surface area contributed by atoms with Crippen molar-refractivity contribution in [2.75, 3.05) is 13.7 Å². The minimum absolute atomic E-state index is 0.0340. The quantitative estimate of drug-likeness (QED) is 0.254. The van der Waals surface area contributed by atoms with Gasteiger partial charge >= 0.3 is 0 Å². The molecule has 176 valence electrons. The molecule has 1 N–H and O–H groups in total. The van der Waals surface area contributed by atoms with Crippen LogP contribution in [-0.2, 0) is 17.9 Å². The maximum absolute atomic E-state index is 10.5. The highest BCUT2D eigenvalue weighted by Gasteiger charge is 2.26. The molecule has 0 amide bonds. The van der Waals surface area contributed by atoms with Crippen molar-refractivity contribution in [3.63, 3.8) is 0 Å². The number of aliphatic hydroxyl groups is 1. The Hall–Kier alpha value is -2.84. The maximum atomic E-state index is 10.5. The molecule has 0 saturated heterocycles. The molecular weight excluding hydrogens is 410 g/mol. The van der Waals surface area contributed by atoms with Crippen molar-refractivity contribution in [3.8, 4) is 17.6 Å². The molecule has 0 aliphatic rings. The van der Waals surface area contributed by atoms with E-state index in [1.807, 2.05) is 56.3 Å². The normalized spacial score (nSPS) is 13.8. The minimum atomic E-state index is -0.649. The van der Waals surface area contributed by atoms with Crippen molar-refractivity contribution in [2.24, 2.45) is 0 Å². The van der Waals surface area contributed by atoms with Crippen LogP contribution in [0.4, 0.5) is 0 Å². The summed E-state index contributed by atoms with van der Waals surface area (Å²) in [6.07, 6.45) is 6.93. The first-order chi connectivity index (χ1) is 16.1. The van der Waals surface area contributed by atoms with Crippen LogP contribution in [0.25, 0.3) is 0 Å².